The molecule has 1 rings (SSSR count). The van der Waals surface area contributed by atoms with E-state index in [1.54, 1.807) is 4.90 Å². The fourth-order valence-electron chi connectivity index (χ4n) is 2.06. The largest absolute Gasteiger partial charge is 0.376 e. The minimum atomic E-state index is 0.0139. The summed E-state index contributed by atoms with van der Waals surface area (Å²) in [7, 11) is 0. The Bertz CT molecular complexity index is 199. The highest BCUT2D eigenvalue weighted by molar-refractivity contribution is 5.73. The van der Waals surface area contributed by atoms with Crippen LogP contribution in [-0.4, -0.2) is 43.3 Å². The van der Waals surface area contributed by atoms with Crippen molar-refractivity contribution < 1.29 is 9.53 Å². The van der Waals surface area contributed by atoms with Crippen molar-refractivity contribution in [2.24, 2.45) is 0 Å². The summed E-state index contributed by atoms with van der Waals surface area (Å²) < 4.78 is 5.67. The van der Waals surface area contributed by atoms with Crippen LogP contribution in [0.15, 0.2) is 0 Å². The number of nitrogens with one attached hydrogen (secondary N) is 1. The third-order valence-electron chi connectivity index (χ3n) is 3.08. The number of ether oxygens (including phenoxy) is 1. The zero-order valence-corrected chi connectivity index (χ0v) is 10.5. The number of urea groups is 1. The fourth-order valence-corrected chi connectivity index (χ4v) is 2.06. The molecular formula is C12H24N2O2. The second-order valence-corrected chi connectivity index (χ2v) is 4.18. The molecule has 0 bridgehead atoms. The number of amides is 2. The highest BCUT2D eigenvalue weighted by Gasteiger charge is 2.15. The summed E-state index contributed by atoms with van der Waals surface area (Å²) in [5, 5.41) is 2.87. The highest BCUT2D eigenvalue weighted by Crippen LogP contribution is 2.20. The first-order chi connectivity index (χ1) is 7.77. The van der Waals surface area contributed by atoms with Gasteiger partial charge in [-0.2, -0.15) is 0 Å². The van der Waals surface area contributed by atoms with E-state index in [1.807, 2.05) is 13.8 Å². The monoisotopic (exact) mass is 228 g/mol. The molecule has 0 aliphatic heterocycles. The van der Waals surface area contributed by atoms with Crippen molar-refractivity contribution in [2.75, 3.05) is 26.2 Å². The molecule has 0 spiro atoms. The van der Waals surface area contributed by atoms with Crippen LogP contribution in [0, 0.1) is 0 Å². The summed E-state index contributed by atoms with van der Waals surface area (Å²) >= 11 is 0. The lowest BCUT2D eigenvalue weighted by Gasteiger charge is -2.19. The van der Waals surface area contributed by atoms with Crippen LogP contribution in [0.4, 0.5) is 4.79 Å². The molecule has 0 aromatic rings. The molecule has 2 amide bonds. The molecule has 0 radical (unpaired) electrons. The van der Waals surface area contributed by atoms with Crippen molar-refractivity contribution in [3.05, 3.63) is 0 Å². The van der Waals surface area contributed by atoms with Crippen LogP contribution in [0.2, 0.25) is 0 Å². The Morgan fingerprint density at radius 2 is 1.94 bits per heavy atom. The van der Waals surface area contributed by atoms with E-state index in [1.165, 1.54) is 25.7 Å². The predicted molar refractivity (Wildman–Crippen MR) is 64.5 cm³/mol. The molecule has 1 aliphatic rings. The van der Waals surface area contributed by atoms with Gasteiger partial charge in [0.15, 0.2) is 0 Å². The van der Waals surface area contributed by atoms with Gasteiger partial charge >= 0.3 is 6.03 Å². The van der Waals surface area contributed by atoms with Crippen LogP contribution in [0.25, 0.3) is 0 Å². The standard InChI is InChI=1S/C12H24N2O2/c1-3-14(4-2)12(15)13-9-10-16-11-7-5-6-8-11/h11H,3-10H2,1-2H3,(H,13,15). The molecule has 1 N–H and O–H groups in total. The molecule has 1 saturated carbocycles. The van der Waals surface area contributed by atoms with E-state index in [2.05, 4.69) is 5.32 Å². The van der Waals surface area contributed by atoms with Gasteiger partial charge in [0.1, 0.15) is 0 Å². The van der Waals surface area contributed by atoms with E-state index in [4.69, 9.17) is 4.74 Å². The van der Waals surface area contributed by atoms with Crippen LogP contribution in [0.5, 0.6) is 0 Å². The number of carbonyl (C=O) groups is 1. The van der Waals surface area contributed by atoms with Gasteiger partial charge in [0, 0.05) is 19.6 Å². The van der Waals surface area contributed by atoms with Crippen molar-refractivity contribution in [2.45, 2.75) is 45.6 Å². The Labute approximate surface area is 98.3 Å². The molecule has 4 heteroatoms. The number of carbonyl (C=O) groups excluding carboxylic acids is 1. The third-order valence-corrected chi connectivity index (χ3v) is 3.08. The van der Waals surface area contributed by atoms with Gasteiger partial charge in [0.05, 0.1) is 12.7 Å². The SMILES string of the molecule is CCN(CC)C(=O)NCCOC1CCCC1. The minimum absolute atomic E-state index is 0.0139. The fraction of sp³-hybridized carbons (Fsp3) is 0.917. The zero-order valence-electron chi connectivity index (χ0n) is 10.5. The number of nitrogens with zero attached hydrogens (tertiary/aromatic N) is 1. The Morgan fingerprint density at radius 3 is 2.50 bits per heavy atom. The van der Waals surface area contributed by atoms with Gasteiger partial charge in [-0.25, -0.2) is 4.79 Å². The number of hydrogen-bond donors (Lipinski definition) is 1. The van der Waals surface area contributed by atoms with E-state index in [9.17, 15) is 4.79 Å². The van der Waals surface area contributed by atoms with E-state index in [0.717, 1.165) is 13.1 Å². The van der Waals surface area contributed by atoms with Crippen molar-refractivity contribution in [1.29, 1.82) is 0 Å². The molecule has 0 atom stereocenters. The minimum Gasteiger partial charge on any atom is -0.376 e. The smallest absolute Gasteiger partial charge is 0.317 e. The molecule has 4 nitrogen and oxygen atoms in total. The first kappa shape index (κ1) is 13.3. The van der Waals surface area contributed by atoms with Crippen LogP contribution in [0.3, 0.4) is 0 Å². The first-order valence-corrected chi connectivity index (χ1v) is 6.42. The van der Waals surface area contributed by atoms with Crippen LogP contribution >= 0.6 is 0 Å². The summed E-state index contributed by atoms with van der Waals surface area (Å²) in [6.45, 7) is 6.73. The van der Waals surface area contributed by atoms with Gasteiger partial charge in [0.2, 0.25) is 0 Å². The lowest BCUT2D eigenvalue weighted by atomic mass is 10.3. The summed E-state index contributed by atoms with van der Waals surface area (Å²) in [5.41, 5.74) is 0. The maximum atomic E-state index is 11.6. The average molecular weight is 228 g/mol. The van der Waals surface area contributed by atoms with Crippen molar-refractivity contribution in [3.8, 4) is 0 Å². The lowest BCUT2D eigenvalue weighted by Crippen LogP contribution is -2.41. The summed E-state index contributed by atoms with van der Waals surface area (Å²) in [5.74, 6) is 0. The summed E-state index contributed by atoms with van der Waals surface area (Å²) in [4.78, 5) is 13.3. The lowest BCUT2D eigenvalue weighted by molar-refractivity contribution is 0.0606. The highest BCUT2D eigenvalue weighted by atomic mass is 16.5. The third kappa shape index (κ3) is 4.39. The Kier molecular flexibility index (Phi) is 6.23. The number of hydrogen-bond acceptors (Lipinski definition) is 2. The molecule has 1 fully saturated rings. The zero-order chi connectivity index (χ0) is 11.8. The van der Waals surface area contributed by atoms with Crippen LogP contribution in [0.1, 0.15) is 39.5 Å². The average Bonchev–Trinajstić information content (AvgIpc) is 2.79. The second-order valence-electron chi connectivity index (χ2n) is 4.18. The molecule has 0 heterocycles. The van der Waals surface area contributed by atoms with Crippen LogP contribution in [-0.2, 0) is 4.74 Å². The van der Waals surface area contributed by atoms with E-state index in [0.29, 0.717) is 19.3 Å². The molecular weight excluding hydrogens is 204 g/mol. The molecule has 0 aromatic carbocycles. The van der Waals surface area contributed by atoms with Crippen molar-refractivity contribution in [3.63, 3.8) is 0 Å². The van der Waals surface area contributed by atoms with Crippen molar-refractivity contribution in [1.82, 2.24) is 10.2 Å². The quantitative estimate of drug-likeness (QED) is 0.706. The van der Waals surface area contributed by atoms with E-state index in [-0.39, 0.29) is 6.03 Å². The molecule has 1 aliphatic carbocycles. The maximum absolute atomic E-state index is 11.6. The van der Waals surface area contributed by atoms with Crippen molar-refractivity contribution >= 4 is 6.03 Å². The molecule has 0 saturated heterocycles. The van der Waals surface area contributed by atoms with Gasteiger partial charge in [-0.15, -0.1) is 0 Å². The summed E-state index contributed by atoms with van der Waals surface area (Å²) in [6, 6.07) is 0.0139. The topological polar surface area (TPSA) is 41.6 Å². The maximum Gasteiger partial charge on any atom is 0.317 e. The summed E-state index contributed by atoms with van der Waals surface area (Å²) in [6.07, 6.45) is 5.38. The first-order valence-electron chi connectivity index (χ1n) is 6.42. The van der Waals surface area contributed by atoms with Gasteiger partial charge in [-0.05, 0) is 26.7 Å². The normalized spacial score (nSPS) is 16.4. The van der Waals surface area contributed by atoms with Gasteiger partial charge < -0.3 is 15.0 Å². The molecule has 0 aromatic heterocycles. The van der Waals surface area contributed by atoms with Crippen LogP contribution < -0.4 is 5.32 Å². The number of rotatable bonds is 6. The Morgan fingerprint density at radius 1 is 1.31 bits per heavy atom. The molecule has 0 unspecified atom stereocenters. The van der Waals surface area contributed by atoms with Gasteiger partial charge in [0.25, 0.3) is 0 Å². The Balaban J connectivity index is 2.03. The van der Waals surface area contributed by atoms with E-state index < -0.39 is 0 Å². The molecule has 94 valence electrons. The second kappa shape index (κ2) is 7.49. The van der Waals surface area contributed by atoms with E-state index >= 15 is 0 Å². The Hall–Kier alpha value is -0.770. The molecule has 16 heavy (non-hydrogen) atoms. The van der Waals surface area contributed by atoms with Gasteiger partial charge in [-0.3, -0.25) is 0 Å². The van der Waals surface area contributed by atoms with Gasteiger partial charge in [-0.1, -0.05) is 12.8 Å². The predicted octanol–water partition coefficient (Wildman–Crippen LogP) is 2.00.